The lowest BCUT2D eigenvalue weighted by Gasteiger charge is -2.23. The first-order chi connectivity index (χ1) is 6.10. The zero-order chi connectivity index (χ0) is 9.90. The molecular weight excluding hydrogens is 198 g/mol. The lowest BCUT2D eigenvalue weighted by atomic mass is 9.85. The third-order valence-electron chi connectivity index (χ3n) is 2.36. The zero-order valence-corrected chi connectivity index (χ0v) is 9.73. The molecule has 0 aliphatic carbocycles. The third-order valence-corrected chi connectivity index (χ3v) is 2.36. The molecule has 1 rings (SSSR count). The fraction of sp³-hybridized carbons (Fsp3) is 0.455. The Hall–Kier alpha value is -0.730. The molecule has 0 fully saturated rings. The van der Waals surface area contributed by atoms with Crippen molar-refractivity contribution in [1.29, 1.82) is 0 Å². The SMILES string of the molecule is COc1cccc(C(C)(C)CN)c1.Cl. The molecule has 0 spiro atoms. The highest BCUT2D eigenvalue weighted by Crippen LogP contribution is 2.24. The highest BCUT2D eigenvalue weighted by Gasteiger charge is 2.18. The lowest BCUT2D eigenvalue weighted by Crippen LogP contribution is -2.27. The minimum absolute atomic E-state index is 0. The van der Waals surface area contributed by atoms with Crippen molar-refractivity contribution in [1.82, 2.24) is 0 Å². The number of methoxy groups -OCH3 is 1. The second-order valence-electron chi connectivity index (χ2n) is 3.82. The Labute approximate surface area is 91.9 Å². The van der Waals surface area contributed by atoms with Crippen LogP contribution in [0.25, 0.3) is 0 Å². The van der Waals surface area contributed by atoms with Gasteiger partial charge in [0.2, 0.25) is 0 Å². The molecule has 1 aromatic carbocycles. The van der Waals surface area contributed by atoms with Crippen LogP contribution < -0.4 is 10.5 Å². The van der Waals surface area contributed by atoms with Crippen LogP contribution in [0.4, 0.5) is 0 Å². The van der Waals surface area contributed by atoms with Gasteiger partial charge in [-0.15, -0.1) is 12.4 Å². The maximum Gasteiger partial charge on any atom is 0.119 e. The van der Waals surface area contributed by atoms with E-state index in [1.54, 1.807) is 7.11 Å². The van der Waals surface area contributed by atoms with Crippen molar-refractivity contribution in [3.8, 4) is 5.75 Å². The Bertz CT molecular complexity index is 286. The fourth-order valence-corrected chi connectivity index (χ4v) is 1.16. The summed E-state index contributed by atoms with van der Waals surface area (Å²) in [5.41, 5.74) is 6.93. The number of hydrogen-bond acceptors (Lipinski definition) is 2. The van der Waals surface area contributed by atoms with E-state index in [-0.39, 0.29) is 17.8 Å². The number of benzene rings is 1. The summed E-state index contributed by atoms with van der Waals surface area (Å²) in [6, 6.07) is 8.05. The Balaban J connectivity index is 0.00000169. The molecule has 0 unspecified atom stereocenters. The molecule has 0 aliphatic heterocycles. The molecule has 0 saturated heterocycles. The average Bonchev–Trinajstić information content (AvgIpc) is 2.18. The van der Waals surface area contributed by atoms with Crippen LogP contribution in [-0.2, 0) is 5.41 Å². The van der Waals surface area contributed by atoms with Crippen molar-refractivity contribution in [3.63, 3.8) is 0 Å². The van der Waals surface area contributed by atoms with E-state index in [4.69, 9.17) is 10.5 Å². The van der Waals surface area contributed by atoms with E-state index >= 15 is 0 Å². The van der Waals surface area contributed by atoms with Gasteiger partial charge in [0, 0.05) is 12.0 Å². The number of nitrogens with two attached hydrogens (primary N) is 1. The molecule has 0 bridgehead atoms. The van der Waals surface area contributed by atoms with Crippen LogP contribution in [0.15, 0.2) is 24.3 Å². The minimum Gasteiger partial charge on any atom is -0.497 e. The average molecular weight is 216 g/mol. The Kier molecular flexibility index (Phi) is 4.95. The molecule has 0 saturated carbocycles. The van der Waals surface area contributed by atoms with E-state index in [9.17, 15) is 0 Å². The second-order valence-corrected chi connectivity index (χ2v) is 3.82. The van der Waals surface area contributed by atoms with E-state index in [2.05, 4.69) is 19.9 Å². The van der Waals surface area contributed by atoms with Gasteiger partial charge in [-0.1, -0.05) is 26.0 Å². The van der Waals surface area contributed by atoms with Crippen molar-refractivity contribution in [2.75, 3.05) is 13.7 Å². The van der Waals surface area contributed by atoms with Gasteiger partial charge in [0.25, 0.3) is 0 Å². The molecule has 0 aliphatic rings. The molecule has 0 aromatic heterocycles. The standard InChI is InChI=1S/C11H17NO.ClH/c1-11(2,8-12)9-5-4-6-10(7-9)13-3;/h4-7H,8,12H2,1-3H3;1H. The van der Waals surface area contributed by atoms with Gasteiger partial charge in [-0.2, -0.15) is 0 Å². The van der Waals surface area contributed by atoms with Gasteiger partial charge < -0.3 is 10.5 Å². The largest absolute Gasteiger partial charge is 0.497 e. The number of rotatable bonds is 3. The fourth-order valence-electron chi connectivity index (χ4n) is 1.16. The van der Waals surface area contributed by atoms with Crippen molar-refractivity contribution in [2.45, 2.75) is 19.3 Å². The molecule has 0 radical (unpaired) electrons. The summed E-state index contributed by atoms with van der Waals surface area (Å²) < 4.78 is 5.15. The highest BCUT2D eigenvalue weighted by molar-refractivity contribution is 5.85. The van der Waals surface area contributed by atoms with Crippen LogP contribution in [0.3, 0.4) is 0 Å². The van der Waals surface area contributed by atoms with Gasteiger partial charge >= 0.3 is 0 Å². The van der Waals surface area contributed by atoms with E-state index in [0.717, 1.165) is 5.75 Å². The van der Waals surface area contributed by atoms with Crippen molar-refractivity contribution < 1.29 is 4.74 Å². The predicted octanol–water partition coefficient (Wildman–Crippen LogP) is 2.35. The van der Waals surface area contributed by atoms with Gasteiger partial charge in [0.1, 0.15) is 5.75 Å². The molecule has 14 heavy (non-hydrogen) atoms. The van der Waals surface area contributed by atoms with Crippen molar-refractivity contribution in [2.24, 2.45) is 5.73 Å². The van der Waals surface area contributed by atoms with Crippen molar-refractivity contribution in [3.05, 3.63) is 29.8 Å². The normalized spacial score (nSPS) is 10.6. The van der Waals surface area contributed by atoms with Gasteiger partial charge in [0.05, 0.1) is 7.11 Å². The molecule has 3 heteroatoms. The summed E-state index contributed by atoms with van der Waals surface area (Å²) in [6.45, 7) is 4.89. The molecule has 0 heterocycles. The number of ether oxygens (including phenoxy) is 1. The first-order valence-corrected chi connectivity index (χ1v) is 4.45. The smallest absolute Gasteiger partial charge is 0.119 e. The molecule has 2 nitrogen and oxygen atoms in total. The monoisotopic (exact) mass is 215 g/mol. The van der Waals surface area contributed by atoms with Gasteiger partial charge in [-0.05, 0) is 17.7 Å². The molecule has 0 atom stereocenters. The summed E-state index contributed by atoms with van der Waals surface area (Å²) in [4.78, 5) is 0. The Morgan fingerprint density at radius 3 is 2.50 bits per heavy atom. The van der Waals surface area contributed by atoms with Crippen LogP contribution in [0.2, 0.25) is 0 Å². The van der Waals surface area contributed by atoms with Gasteiger partial charge in [0.15, 0.2) is 0 Å². The maximum absolute atomic E-state index is 5.69. The molecule has 1 aromatic rings. The first kappa shape index (κ1) is 13.3. The van der Waals surface area contributed by atoms with E-state index < -0.39 is 0 Å². The molecule has 2 N–H and O–H groups in total. The van der Waals surface area contributed by atoms with Crippen LogP contribution in [-0.4, -0.2) is 13.7 Å². The van der Waals surface area contributed by atoms with Crippen LogP contribution in [0.5, 0.6) is 5.75 Å². The van der Waals surface area contributed by atoms with E-state index in [0.29, 0.717) is 6.54 Å². The highest BCUT2D eigenvalue weighted by atomic mass is 35.5. The van der Waals surface area contributed by atoms with Crippen LogP contribution >= 0.6 is 12.4 Å². The Morgan fingerprint density at radius 1 is 1.36 bits per heavy atom. The Morgan fingerprint density at radius 2 is 2.00 bits per heavy atom. The number of halogens is 1. The van der Waals surface area contributed by atoms with E-state index in [1.807, 2.05) is 18.2 Å². The lowest BCUT2D eigenvalue weighted by molar-refractivity contribution is 0.412. The van der Waals surface area contributed by atoms with E-state index in [1.165, 1.54) is 5.56 Å². The molecule has 0 amide bonds. The predicted molar refractivity (Wildman–Crippen MR) is 62.3 cm³/mol. The third kappa shape index (κ3) is 2.89. The maximum atomic E-state index is 5.69. The van der Waals surface area contributed by atoms with Gasteiger partial charge in [-0.3, -0.25) is 0 Å². The first-order valence-electron chi connectivity index (χ1n) is 4.45. The molecule has 80 valence electrons. The van der Waals surface area contributed by atoms with Crippen LogP contribution in [0, 0.1) is 0 Å². The summed E-state index contributed by atoms with van der Waals surface area (Å²) in [6.07, 6.45) is 0. The summed E-state index contributed by atoms with van der Waals surface area (Å²) in [5.74, 6) is 0.888. The van der Waals surface area contributed by atoms with Crippen molar-refractivity contribution >= 4 is 12.4 Å². The van der Waals surface area contributed by atoms with Gasteiger partial charge in [-0.25, -0.2) is 0 Å². The minimum atomic E-state index is 0. The molecular formula is C11H18ClNO. The van der Waals surface area contributed by atoms with Crippen LogP contribution in [0.1, 0.15) is 19.4 Å². The summed E-state index contributed by atoms with van der Waals surface area (Å²) in [5, 5.41) is 0. The summed E-state index contributed by atoms with van der Waals surface area (Å²) in [7, 11) is 1.68. The quantitative estimate of drug-likeness (QED) is 0.840. The zero-order valence-electron chi connectivity index (χ0n) is 8.91. The topological polar surface area (TPSA) is 35.2 Å². The number of hydrogen-bond donors (Lipinski definition) is 1. The second kappa shape index (κ2) is 5.23. The summed E-state index contributed by atoms with van der Waals surface area (Å²) >= 11 is 0.